The molecule has 6 nitrogen and oxygen atoms in total. The van der Waals surface area contributed by atoms with E-state index in [1.165, 1.54) is 6.07 Å². The van der Waals surface area contributed by atoms with Crippen molar-refractivity contribution in [1.29, 1.82) is 0 Å². The summed E-state index contributed by atoms with van der Waals surface area (Å²) < 4.78 is 11.8. The van der Waals surface area contributed by atoms with Crippen molar-refractivity contribution in [2.24, 2.45) is 0 Å². The van der Waals surface area contributed by atoms with Crippen LogP contribution in [0.2, 0.25) is 5.02 Å². The van der Waals surface area contributed by atoms with E-state index >= 15 is 0 Å². The number of rotatable bonds is 4. The van der Waals surface area contributed by atoms with Crippen LogP contribution in [0.4, 0.5) is 11.4 Å². The molecule has 1 unspecified atom stereocenters. The van der Waals surface area contributed by atoms with Crippen molar-refractivity contribution in [3.63, 3.8) is 0 Å². The van der Waals surface area contributed by atoms with Gasteiger partial charge in [0, 0.05) is 10.5 Å². The molecule has 0 saturated carbocycles. The number of anilines is 2. The molecule has 2 amide bonds. The molecule has 0 bridgehead atoms. The monoisotopic (exact) mass is 424 g/mol. The maximum atomic E-state index is 12.3. The first-order valence-electron chi connectivity index (χ1n) is 7.41. The highest BCUT2D eigenvalue weighted by atomic mass is 79.9. The van der Waals surface area contributed by atoms with Crippen LogP contribution in [0.3, 0.4) is 0 Å². The first-order valence-corrected chi connectivity index (χ1v) is 8.59. The summed E-state index contributed by atoms with van der Waals surface area (Å²) in [6.45, 7) is 1.56. The lowest BCUT2D eigenvalue weighted by Crippen LogP contribution is -2.30. The normalized spacial score (nSPS) is 14.0. The molecule has 0 radical (unpaired) electrons. The molecule has 0 fully saturated rings. The van der Waals surface area contributed by atoms with Gasteiger partial charge in [-0.1, -0.05) is 27.5 Å². The molecule has 1 aliphatic rings. The van der Waals surface area contributed by atoms with Crippen molar-refractivity contribution in [3.05, 3.63) is 45.9 Å². The quantitative estimate of drug-likeness (QED) is 0.780. The van der Waals surface area contributed by atoms with Crippen LogP contribution in [0.1, 0.15) is 6.92 Å². The van der Waals surface area contributed by atoms with Gasteiger partial charge < -0.3 is 20.1 Å². The molecule has 2 N–H and O–H groups in total. The van der Waals surface area contributed by atoms with E-state index in [1.54, 1.807) is 25.1 Å². The fourth-order valence-corrected chi connectivity index (χ4v) is 2.68. The number of amides is 2. The van der Waals surface area contributed by atoms with Gasteiger partial charge in [0.05, 0.1) is 16.4 Å². The Morgan fingerprint density at radius 3 is 2.80 bits per heavy atom. The van der Waals surface area contributed by atoms with Gasteiger partial charge in [0.2, 0.25) is 0 Å². The molecule has 0 saturated heterocycles. The number of ether oxygens (including phenoxy) is 2. The first-order chi connectivity index (χ1) is 11.9. The van der Waals surface area contributed by atoms with E-state index in [2.05, 4.69) is 26.6 Å². The Morgan fingerprint density at radius 1 is 1.36 bits per heavy atom. The Labute approximate surface area is 157 Å². The SMILES string of the molecule is CC(Oc1ccc(Br)cc1)C(=O)Nc1cc2c(cc1Cl)NC(=O)CO2. The van der Waals surface area contributed by atoms with Crippen molar-refractivity contribution >= 4 is 50.7 Å². The minimum absolute atomic E-state index is 0.0783. The predicted octanol–water partition coefficient (Wildman–Crippen LogP) is 3.84. The van der Waals surface area contributed by atoms with Crippen LogP contribution in [0.5, 0.6) is 11.5 Å². The van der Waals surface area contributed by atoms with Crippen LogP contribution in [0.25, 0.3) is 0 Å². The lowest BCUT2D eigenvalue weighted by molar-refractivity contribution is -0.122. The summed E-state index contributed by atoms with van der Waals surface area (Å²) in [5, 5.41) is 5.64. The molecule has 0 aliphatic carbocycles. The van der Waals surface area contributed by atoms with Gasteiger partial charge in [0.15, 0.2) is 12.7 Å². The molecule has 25 heavy (non-hydrogen) atoms. The van der Waals surface area contributed by atoms with E-state index in [0.717, 1.165) is 4.47 Å². The predicted molar refractivity (Wildman–Crippen MR) is 98.4 cm³/mol. The van der Waals surface area contributed by atoms with Gasteiger partial charge in [0.1, 0.15) is 11.5 Å². The number of hydrogen-bond donors (Lipinski definition) is 2. The molecule has 2 aromatic rings. The third-order valence-corrected chi connectivity index (χ3v) is 4.30. The van der Waals surface area contributed by atoms with Crippen molar-refractivity contribution < 1.29 is 19.1 Å². The fourth-order valence-electron chi connectivity index (χ4n) is 2.20. The molecule has 2 aromatic carbocycles. The average Bonchev–Trinajstić information content (AvgIpc) is 2.57. The van der Waals surface area contributed by atoms with Gasteiger partial charge in [-0.2, -0.15) is 0 Å². The second kappa shape index (κ2) is 7.33. The Bertz CT molecular complexity index is 826. The van der Waals surface area contributed by atoms with Gasteiger partial charge in [-0.3, -0.25) is 9.59 Å². The number of carbonyl (C=O) groups excluding carboxylic acids is 2. The Balaban J connectivity index is 1.70. The van der Waals surface area contributed by atoms with Crippen LogP contribution in [0.15, 0.2) is 40.9 Å². The highest BCUT2D eigenvalue weighted by Crippen LogP contribution is 2.36. The number of hydrogen-bond acceptors (Lipinski definition) is 4. The highest BCUT2D eigenvalue weighted by Gasteiger charge is 2.21. The molecule has 130 valence electrons. The molecule has 8 heteroatoms. The standard InChI is InChI=1S/C17H14BrClN2O4/c1-9(25-11-4-2-10(18)3-5-11)17(23)21-13-7-15-14(6-12(13)19)20-16(22)8-24-15/h2-7,9H,8H2,1H3,(H,20,22)(H,21,23). The van der Waals surface area contributed by atoms with Crippen LogP contribution in [-0.4, -0.2) is 24.5 Å². The smallest absolute Gasteiger partial charge is 0.265 e. The minimum Gasteiger partial charge on any atom is -0.482 e. The largest absolute Gasteiger partial charge is 0.482 e. The average molecular weight is 426 g/mol. The maximum Gasteiger partial charge on any atom is 0.265 e. The van der Waals surface area contributed by atoms with Gasteiger partial charge in [0.25, 0.3) is 11.8 Å². The number of carbonyl (C=O) groups is 2. The third kappa shape index (κ3) is 4.24. The van der Waals surface area contributed by atoms with Crippen molar-refractivity contribution in [3.8, 4) is 11.5 Å². The number of halogens is 2. The minimum atomic E-state index is -0.728. The Morgan fingerprint density at radius 2 is 2.08 bits per heavy atom. The summed E-state index contributed by atoms with van der Waals surface area (Å²) in [6.07, 6.45) is -0.728. The van der Waals surface area contributed by atoms with E-state index in [-0.39, 0.29) is 23.4 Å². The third-order valence-electron chi connectivity index (χ3n) is 3.46. The van der Waals surface area contributed by atoms with Crippen molar-refractivity contribution in [2.45, 2.75) is 13.0 Å². The maximum absolute atomic E-state index is 12.3. The van der Waals surface area contributed by atoms with Gasteiger partial charge >= 0.3 is 0 Å². The van der Waals surface area contributed by atoms with Crippen LogP contribution in [-0.2, 0) is 9.59 Å². The zero-order valence-electron chi connectivity index (χ0n) is 13.1. The van der Waals surface area contributed by atoms with E-state index < -0.39 is 6.10 Å². The lowest BCUT2D eigenvalue weighted by atomic mass is 10.2. The second-order valence-electron chi connectivity index (χ2n) is 5.37. The fraction of sp³-hybridized carbons (Fsp3) is 0.176. The van der Waals surface area contributed by atoms with E-state index in [9.17, 15) is 9.59 Å². The summed E-state index contributed by atoms with van der Waals surface area (Å²) in [4.78, 5) is 23.7. The van der Waals surface area contributed by atoms with Crippen molar-refractivity contribution in [2.75, 3.05) is 17.2 Å². The summed E-state index contributed by atoms with van der Waals surface area (Å²) in [6, 6.07) is 10.3. The highest BCUT2D eigenvalue weighted by molar-refractivity contribution is 9.10. The van der Waals surface area contributed by atoms with Crippen LogP contribution < -0.4 is 20.1 Å². The molecule has 1 atom stereocenters. The van der Waals surface area contributed by atoms with Crippen LogP contribution in [0, 0.1) is 0 Å². The summed E-state index contributed by atoms with van der Waals surface area (Å²) in [5.74, 6) is 0.413. The zero-order valence-corrected chi connectivity index (χ0v) is 15.5. The number of benzene rings is 2. The van der Waals surface area contributed by atoms with E-state index in [4.69, 9.17) is 21.1 Å². The molecule has 1 heterocycles. The molecule has 0 aromatic heterocycles. The molecular formula is C17H14BrClN2O4. The summed E-state index contributed by atoms with van der Waals surface area (Å²) >= 11 is 9.51. The second-order valence-corrected chi connectivity index (χ2v) is 6.69. The Hall–Kier alpha value is -2.25. The molecule has 0 spiro atoms. The van der Waals surface area contributed by atoms with Gasteiger partial charge in [-0.25, -0.2) is 0 Å². The molecule has 3 rings (SSSR count). The topological polar surface area (TPSA) is 76.7 Å². The Kier molecular flexibility index (Phi) is 5.15. The lowest BCUT2D eigenvalue weighted by Gasteiger charge is -2.20. The zero-order chi connectivity index (χ0) is 18.0. The van der Waals surface area contributed by atoms with Crippen molar-refractivity contribution in [1.82, 2.24) is 0 Å². The number of nitrogens with one attached hydrogen (secondary N) is 2. The molecule has 1 aliphatic heterocycles. The number of fused-ring (bicyclic) bond motifs is 1. The van der Waals surface area contributed by atoms with Gasteiger partial charge in [-0.05, 0) is 37.3 Å². The van der Waals surface area contributed by atoms with Crippen LogP contribution >= 0.6 is 27.5 Å². The van der Waals surface area contributed by atoms with E-state index in [0.29, 0.717) is 22.9 Å². The summed E-state index contributed by atoms with van der Waals surface area (Å²) in [5.41, 5.74) is 0.853. The van der Waals surface area contributed by atoms with Gasteiger partial charge in [-0.15, -0.1) is 0 Å². The summed E-state index contributed by atoms with van der Waals surface area (Å²) in [7, 11) is 0. The first kappa shape index (κ1) is 17.6. The molecular weight excluding hydrogens is 412 g/mol. The van der Waals surface area contributed by atoms with E-state index in [1.807, 2.05) is 12.1 Å².